The highest BCUT2D eigenvalue weighted by Crippen LogP contribution is 2.45. The minimum absolute atomic E-state index is 0.474. The first-order chi connectivity index (χ1) is 12.1. The van der Waals surface area contributed by atoms with Crippen molar-refractivity contribution in [3.63, 3.8) is 0 Å². The molecular formula is C19H28N6. The van der Waals surface area contributed by atoms with Gasteiger partial charge in [-0.3, -0.25) is 9.58 Å². The largest absolute Gasteiger partial charge is 0.311 e. The van der Waals surface area contributed by atoms with Crippen LogP contribution in [0.15, 0.2) is 0 Å². The molecule has 25 heavy (non-hydrogen) atoms. The molecule has 2 saturated carbocycles. The summed E-state index contributed by atoms with van der Waals surface area (Å²) < 4.78 is 4.52. The lowest BCUT2D eigenvalue weighted by Crippen LogP contribution is -2.25. The summed E-state index contributed by atoms with van der Waals surface area (Å²) in [5, 5.41) is 13.9. The second-order valence-corrected chi connectivity index (χ2v) is 8.19. The summed E-state index contributed by atoms with van der Waals surface area (Å²) in [5.41, 5.74) is 3.91. The van der Waals surface area contributed by atoms with E-state index in [-0.39, 0.29) is 0 Å². The Balaban J connectivity index is 1.44. The number of nitrogens with zero attached hydrogens (tertiary/aromatic N) is 6. The fourth-order valence-corrected chi connectivity index (χ4v) is 4.59. The fourth-order valence-electron chi connectivity index (χ4n) is 4.59. The second kappa shape index (κ2) is 5.66. The van der Waals surface area contributed by atoms with Gasteiger partial charge in [0.25, 0.3) is 0 Å². The molecule has 6 nitrogen and oxygen atoms in total. The SMILES string of the molecule is Cc1nn(C)c(C)c1[C@H]1CCCN1Cc1nnc(C2CC2)n1C1CC1. The van der Waals surface area contributed by atoms with Crippen LogP contribution in [0.3, 0.4) is 0 Å². The third-order valence-electron chi connectivity index (χ3n) is 6.25. The smallest absolute Gasteiger partial charge is 0.147 e. The number of aryl methyl sites for hydroxylation is 2. The number of hydrogen-bond acceptors (Lipinski definition) is 4. The Morgan fingerprint density at radius 2 is 1.84 bits per heavy atom. The molecule has 5 rings (SSSR count). The van der Waals surface area contributed by atoms with Crippen LogP contribution in [0.4, 0.5) is 0 Å². The minimum Gasteiger partial charge on any atom is -0.311 e. The molecule has 3 heterocycles. The molecule has 3 aliphatic rings. The molecule has 2 aromatic heterocycles. The molecule has 2 aliphatic carbocycles. The summed E-state index contributed by atoms with van der Waals surface area (Å²) in [6, 6.07) is 1.14. The highest BCUT2D eigenvalue weighted by atomic mass is 15.3. The van der Waals surface area contributed by atoms with E-state index in [1.54, 1.807) is 0 Å². The molecule has 2 aromatic rings. The first-order valence-electron chi connectivity index (χ1n) is 9.81. The Kier molecular flexibility index (Phi) is 3.52. The maximum Gasteiger partial charge on any atom is 0.147 e. The molecule has 0 N–H and O–H groups in total. The highest BCUT2D eigenvalue weighted by Gasteiger charge is 2.38. The fraction of sp³-hybridized carbons (Fsp3) is 0.737. The zero-order valence-corrected chi connectivity index (χ0v) is 15.6. The standard InChI is InChI=1S/C19H28N6/c1-12-18(13(2)23(3)22-12)16-5-4-10-24(16)11-17-20-21-19(14-6-7-14)25(17)15-8-9-15/h14-16H,4-11H2,1-3H3/t16-/m1/s1. The lowest BCUT2D eigenvalue weighted by molar-refractivity contribution is 0.237. The third kappa shape index (κ3) is 2.62. The van der Waals surface area contributed by atoms with Crippen molar-refractivity contribution in [2.45, 2.75) is 76.9 Å². The van der Waals surface area contributed by atoms with Gasteiger partial charge in [0.1, 0.15) is 11.6 Å². The van der Waals surface area contributed by atoms with Crippen molar-refractivity contribution in [2.24, 2.45) is 7.05 Å². The van der Waals surface area contributed by atoms with Crippen molar-refractivity contribution in [1.29, 1.82) is 0 Å². The van der Waals surface area contributed by atoms with Gasteiger partial charge in [-0.1, -0.05) is 0 Å². The molecule has 0 unspecified atom stereocenters. The van der Waals surface area contributed by atoms with Gasteiger partial charge in [-0.25, -0.2) is 0 Å². The molecule has 6 heteroatoms. The number of aromatic nitrogens is 5. The van der Waals surface area contributed by atoms with Gasteiger partial charge in [0, 0.05) is 36.3 Å². The molecule has 1 atom stereocenters. The lowest BCUT2D eigenvalue weighted by atomic mass is 10.0. The van der Waals surface area contributed by atoms with Crippen LogP contribution in [0.25, 0.3) is 0 Å². The van der Waals surface area contributed by atoms with Gasteiger partial charge in [-0.05, 0) is 58.9 Å². The number of rotatable bonds is 5. The van der Waals surface area contributed by atoms with E-state index in [4.69, 9.17) is 0 Å². The highest BCUT2D eigenvalue weighted by molar-refractivity contribution is 5.29. The predicted molar refractivity (Wildman–Crippen MR) is 95.3 cm³/mol. The zero-order valence-electron chi connectivity index (χ0n) is 15.6. The van der Waals surface area contributed by atoms with E-state index < -0.39 is 0 Å². The van der Waals surface area contributed by atoms with Crippen molar-refractivity contribution >= 4 is 0 Å². The van der Waals surface area contributed by atoms with E-state index in [0.29, 0.717) is 18.0 Å². The molecule has 0 radical (unpaired) electrons. The average Bonchev–Trinajstić information content (AvgIpc) is 3.50. The Morgan fingerprint density at radius 1 is 1.04 bits per heavy atom. The lowest BCUT2D eigenvalue weighted by Gasteiger charge is -2.25. The van der Waals surface area contributed by atoms with Crippen molar-refractivity contribution in [3.05, 3.63) is 28.6 Å². The van der Waals surface area contributed by atoms with Crippen LogP contribution in [-0.4, -0.2) is 36.0 Å². The summed E-state index contributed by atoms with van der Waals surface area (Å²) in [7, 11) is 2.05. The van der Waals surface area contributed by atoms with E-state index in [2.05, 4.69) is 45.7 Å². The van der Waals surface area contributed by atoms with Crippen LogP contribution in [0.5, 0.6) is 0 Å². The first-order valence-corrected chi connectivity index (χ1v) is 9.81. The van der Waals surface area contributed by atoms with E-state index >= 15 is 0 Å². The first kappa shape index (κ1) is 15.6. The molecule has 0 bridgehead atoms. The normalized spacial score (nSPS) is 24.4. The summed E-state index contributed by atoms with van der Waals surface area (Å²) in [6.07, 6.45) is 7.67. The zero-order chi connectivity index (χ0) is 17.1. The van der Waals surface area contributed by atoms with E-state index in [0.717, 1.165) is 13.1 Å². The van der Waals surface area contributed by atoms with Gasteiger partial charge in [-0.15, -0.1) is 10.2 Å². The summed E-state index contributed by atoms with van der Waals surface area (Å²) >= 11 is 0. The molecule has 1 aliphatic heterocycles. The molecule has 0 aromatic carbocycles. The maximum atomic E-state index is 4.64. The Labute approximate surface area is 149 Å². The second-order valence-electron chi connectivity index (χ2n) is 8.19. The van der Waals surface area contributed by atoms with Crippen LogP contribution in [0, 0.1) is 13.8 Å². The summed E-state index contributed by atoms with van der Waals surface area (Å²) in [4.78, 5) is 2.61. The van der Waals surface area contributed by atoms with Crippen LogP contribution in [-0.2, 0) is 13.6 Å². The molecule has 0 spiro atoms. The topological polar surface area (TPSA) is 51.8 Å². The Morgan fingerprint density at radius 3 is 2.48 bits per heavy atom. The third-order valence-corrected chi connectivity index (χ3v) is 6.25. The van der Waals surface area contributed by atoms with Gasteiger partial charge < -0.3 is 4.57 Å². The molecule has 1 saturated heterocycles. The van der Waals surface area contributed by atoms with Crippen LogP contribution in [0.1, 0.15) is 85.1 Å². The van der Waals surface area contributed by atoms with Gasteiger partial charge in [0.15, 0.2) is 0 Å². The maximum absolute atomic E-state index is 4.64. The molecule has 3 fully saturated rings. The molecular weight excluding hydrogens is 312 g/mol. The van der Waals surface area contributed by atoms with Gasteiger partial charge in [0.05, 0.1) is 12.2 Å². The van der Waals surface area contributed by atoms with Crippen molar-refractivity contribution < 1.29 is 0 Å². The van der Waals surface area contributed by atoms with Gasteiger partial charge >= 0.3 is 0 Å². The van der Waals surface area contributed by atoms with E-state index in [1.165, 1.54) is 67.1 Å². The quantitative estimate of drug-likeness (QED) is 0.839. The average molecular weight is 340 g/mol. The van der Waals surface area contributed by atoms with Gasteiger partial charge in [0.2, 0.25) is 0 Å². The van der Waals surface area contributed by atoms with Gasteiger partial charge in [-0.2, -0.15) is 5.10 Å². The molecule has 134 valence electrons. The Bertz CT molecular complexity index is 795. The minimum atomic E-state index is 0.474. The predicted octanol–water partition coefficient (Wildman–Crippen LogP) is 3.18. The molecule has 0 amide bonds. The summed E-state index contributed by atoms with van der Waals surface area (Å²) in [6.45, 7) is 6.42. The number of hydrogen-bond donors (Lipinski definition) is 0. The van der Waals surface area contributed by atoms with E-state index in [1.807, 2.05) is 4.68 Å². The van der Waals surface area contributed by atoms with Crippen LogP contribution < -0.4 is 0 Å². The van der Waals surface area contributed by atoms with Crippen LogP contribution in [0.2, 0.25) is 0 Å². The Hall–Kier alpha value is -1.69. The summed E-state index contributed by atoms with van der Waals surface area (Å²) in [5.74, 6) is 3.14. The van der Waals surface area contributed by atoms with E-state index in [9.17, 15) is 0 Å². The monoisotopic (exact) mass is 340 g/mol. The number of likely N-dealkylation sites (tertiary alicyclic amines) is 1. The van der Waals surface area contributed by atoms with Crippen molar-refractivity contribution in [1.82, 2.24) is 29.4 Å². The van der Waals surface area contributed by atoms with Crippen molar-refractivity contribution in [2.75, 3.05) is 6.54 Å². The van der Waals surface area contributed by atoms with Crippen LogP contribution >= 0.6 is 0 Å². The van der Waals surface area contributed by atoms with Crippen molar-refractivity contribution in [3.8, 4) is 0 Å².